The van der Waals surface area contributed by atoms with Crippen LogP contribution in [0.15, 0.2) is 24.3 Å². The van der Waals surface area contributed by atoms with E-state index in [2.05, 4.69) is 5.32 Å². The molecule has 0 spiro atoms. The lowest BCUT2D eigenvalue weighted by molar-refractivity contribution is -0.129. The number of hydrogen-bond acceptors (Lipinski definition) is 2. The van der Waals surface area contributed by atoms with Gasteiger partial charge in [-0.05, 0) is 24.6 Å². The Morgan fingerprint density at radius 3 is 2.12 bits per heavy atom. The van der Waals surface area contributed by atoms with Crippen molar-refractivity contribution in [1.29, 1.82) is 0 Å². The molecule has 0 amide bonds. The van der Waals surface area contributed by atoms with Crippen LogP contribution >= 0.6 is 0 Å². The molecule has 0 saturated heterocycles. The quantitative estimate of drug-likeness (QED) is 0.804. The number of halogens is 4. The van der Waals surface area contributed by atoms with E-state index < -0.39 is 30.7 Å². The van der Waals surface area contributed by atoms with Crippen LogP contribution in [0.5, 0.6) is 0 Å². The Balaban J connectivity index is 2.84. The van der Waals surface area contributed by atoms with Crippen molar-refractivity contribution in [3.63, 3.8) is 0 Å². The number of aliphatic hydroxyl groups excluding tert-OH is 1. The predicted molar refractivity (Wildman–Crippen MR) is 54.9 cm³/mol. The average Bonchev–Trinajstić information content (AvgIpc) is 2.26. The molecule has 1 aromatic rings. The van der Waals surface area contributed by atoms with Crippen molar-refractivity contribution in [1.82, 2.24) is 5.32 Å². The van der Waals surface area contributed by atoms with E-state index in [4.69, 9.17) is 0 Å². The zero-order valence-electron chi connectivity index (χ0n) is 9.18. The minimum absolute atomic E-state index is 0.394. The molecular formula is C11H13F4NO. The van der Waals surface area contributed by atoms with Gasteiger partial charge in [0.15, 0.2) is 0 Å². The minimum atomic E-state index is -4.36. The van der Waals surface area contributed by atoms with E-state index in [1.807, 2.05) is 0 Å². The van der Waals surface area contributed by atoms with Gasteiger partial charge in [-0.1, -0.05) is 12.1 Å². The molecule has 0 aliphatic carbocycles. The van der Waals surface area contributed by atoms with Gasteiger partial charge in [0.1, 0.15) is 5.82 Å². The van der Waals surface area contributed by atoms with Gasteiger partial charge < -0.3 is 5.11 Å². The SMILES string of the molecule is CC(CO)(NCC(F)(F)F)c1ccc(F)cc1. The first-order chi connectivity index (χ1) is 7.77. The summed E-state index contributed by atoms with van der Waals surface area (Å²) in [6.07, 6.45) is -4.36. The highest BCUT2D eigenvalue weighted by Gasteiger charge is 2.33. The molecule has 96 valence electrons. The second kappa shape index (κ2) is 5.01. The van der Waals surface area contributed by atoms with Gasteiger partial charge in [0.05, 0.1) is 18.7 Å². The zero-order chi connectivity index (χ0) is 13.1. The van der Waals surface area contributed by atoms with Crippen molar-refractivity contribution < 1.29 is 22.7 Å². The summed E-state index contributed by atoms with van der Waals surface area (Å²) < 4.78 is 49.0. The lowest BCUT2D eigenvalue weighted by atomic mass is 9.93. The lowest BCUT2D eigenvalue weighted by Gasteiger charge is -2.30. The van der Waals surface area contributed by atoms with Gasteiger partial charge in [-0.3, -0.25) is 5.32 Å². The molecule has 1 aromatic carbocycles. The Labute approximate surface area is 96.3 Å². The fraction of sp³-hybridized carbons (Fsp3) is 0.455. The van der Waals surface area contributed by atoms with Crippen molar-refractivity contribution in [2.45, 2.75) is 18.6 Å². The summed E-state index contributed by atoms with van der Waals surface area (Å²) in [7, 11) is 0. The van der Waals surface area contributed by atoms with Crippen LogP contribution in [0.1, 0.15) is 12.5 Å². The predicted octanol–water partition coefficient (Wildman–Crippen LogP) is 2.19. The summed E-state index contributed by atoms with van der Waals surface area (Å²) in [6.45, 7) is -0.317. The maximum atomic E-state index is 12.7. The summed E-state index contributed by atoms with van der Waals surface area (Å²) in [4.78, 5) is 0. The summed E-state index contributed by atoms with van der Waals surface area (Å²) in [5.74, 6) is -0.482. The van der Waals surface area contributed by atoms with Gasteiger partial charge in [-0.15, -0.1) is 0 Å². The highest BCUT2D eigenvalue weighted by Crippen LogP contribution is 2.22. The summed E-state index contributed by atoms with van der Waals surface area (Å²) >= 11 is 0. The topological polar surface area (TPSA) is 32.3 Å². The molecule has 0 saturated carbocycles. The van der Waals surface area contributed by atoms with Crippen LogP contribution in [0.4, 0.5) is 17.6 Å². The molecular weight excluding hydrogens is 238 g/mol. The fourth-order valence-corrected chi connectivity index (χ4v) is 1.36. The molecule has 0 aromatic heterocycles. The second-order valence-corrected chi connectivity index (χ2v) is 3.97. The maximum absolute atomic E-state index is 12.7. The molecule has 0 heterocycles. The van der Waals surface area contributed by atoms with Gasteiger partial charge in [-0.2, -0.15) is 13.2 Å². The smallest absolute Gasteiger partial charge is 0.394 e. The first-order valence-electron chi connectivity index (χ1n) is 4.95. The molecule has 0 radical (unpaired) electrons. The van der Waals surface area contributed by atoms with Gasteiger partial charge in [0.25, 0.3) is 0 Å². The molecule has 6 heteroatoms. The summed E-state index contributed by atoms with van der Waals surface area (Å²) in [5, 5.41) is 11.4. The molecule has 1 rings (SSSR count). The molecule has 0 aliphatic rings. The number of benzene rings is 1. The zero-order valence-corrected chi connectivity index (χ0v) is 9.18. The molecule has 0 bridgehead atoms. The van der Waals surface area contributed by atoms with Crippen LogP contribution in [0.25, 0.3) is 0 Å². The first kappa shape index (κ1) is 13.9. The molecule has 0 fully saturated rings. The fourth-order valence-electron chi connectivity index (χ4n) is 1.36. The van der Waals surface area contributed by atoms with Crippen molar-refractivity contribution in [3.05, 3.63) is 35.6 Å². The molecule has 17 heavy (non-hydrogen) atoms. The van der Waals surface area contributed by atoms with Crippen LogP contribution in [-0.2, 0) is 5.54 Å². The monoisotopic (exact) mass is 251 g/mol. The van der Waals surface area contributed by atoms with E-state index in [9.17, 15) is 22.7 Å². The highest BCUT2D eigenvalue weighted by atomic mass is 19.4. The highest BCUT2D eigenvalue weighted by molar-refractivity contribution is 5.24. The van der Waals surface area contributed by atoms with Gasteiger partial charge in [0.2, 0.25) is 0 Å². The Kier molecular flexibility index (Phi) is 4.11. The van der Waals surface area contributed by atoms with E-state index in [0.29, 0.717) is 5.56 Å². The standard InChI is InChI=1S/C11H13F4NO/c1-10(7-17,16-6-11(13,14)15)8-2-4-9(12)5-3-8/h2-5,16-17H,6-7H2,1H3. The van der Waals surface area contributed by atoms with Gasteiger partial charge in [-0.25, -0.2) is 4.39 Å². The largest absolute Gasteiger partial charge is 0.401 e. The molecule has 1 unspecified atom stereocenters. The van der Waals surface area contributed by atoms with Gasteiger partial charge in [0, 0.05) is 0 Å². The van der Waals surface area contributed by atoms with Gasteiger partial charge >= 0.3 is 6.18 Å². The number of hydrogen-bond donors (Lipinski definition) is 2. The van der Waals surface area contributed by atoms with Crippen LogP contribution in [0, 0.1) is 5.82 Å². The lowest BCUT2D eigenvalue weighted by Crippen LogP contribution is -2.47. The Morgan fingerprint density at radius 2 is 1.71 bits per heavy atom. The molecule has 1 atom stereocenters. The summed E-state index contributed by atoms with van der Waals surface area (Å²) in [5.41, 5.74) is -0.853. The first-order valence-corrected chi connectivity index (χ1v) is 4.95. The van der Waals surface area contributed by atoms with Crippen LogP contribution in [0.3, 0.4) is 0 Å². The van der Waals surface area contributed by atoms with E-state index in [-0.39, 0.29) is 0 Å². The Morgan fingerprint density at radius 1 is 1.18 bits per heavy atom. The molecule has 2 N–H and O–H groups in total. The maximum Gasteiger partial charge on any atom is 0.401 e. The van der Waals surface area contributed by atoms with Crippen molar-refractivity contribution >= 4 is 0 Å². The van der Waals surface area contributed by atoms with Crippen LogP contribution in [0.2, 0.25) is 0 Å². The minimum Gasteiger partial charge on any atom is -0.394 e. The van der Waals surface area contributed by atoms with E-state index in [0.717, 1.165) is 12.1 Å². The normalized spacial score (nSPS) is 15.6. The molecule has 2 nitrogen and oxygen atoms in total. The van der Waals surface area contributed by atoms with Crippen LogP contribution in [-0.4, -0.2) is 24.4 Å². The number of rotatable bonds is 4. The Bertz CT molecular complexity index is 363. The third kappa shape index (κ3) is 3.98. The van der Waals surface area contributed by atoms with Crippen molar-refractivity contribution in [3.8, 4) is 0 Å². The van der Waals surface area contributed by atoms with E-state index in [1.54, 1.807) is 0 Å². The van der Waals surface area contributed by atoms with Crippen molar-refractivity contribution in [2.24, 2.45) is 0 Å². The number of alkyl halides is 3. The van der Waals surface area contributed by atoms with E-state index in [1.165, 1.54) is 19.1 Å². The second-order valence-electron chi connectivity index (χ2n) is 3.97. The number of nitrogens with one attached hydrogen (secondary N) is 1. The van der Waals surface area contributed by atoms with Crippen LogP contribution < -0.4 is 5.32 Å². The third-order valence-corrected chi connectivity index (χ3v) is 2.48. The number of aliphatic hydroxyl groups is 1. The third-order valence-electron chi connectivity index (χ3n) is 2.48. The molecule has 0 aliphatic heterocycles. The Hall–Kier alpha value is -1.14. The average molecular weight is 251 g/mol. The summed E-state index contributed by atoms with van der Waals surface area (Å²) in [6, 6.07) is 4.96. The van der Waals surface area contributed by atoms with E-state index >= 15 is 0 Å². The van der Waals surface area contributed by atoms with Crippen molar-refractivity contribution in [2.75, 3.05) is 13.2 Å².